The summed E-state index contributed by atoms with van der Waals surface area (Å²) in [5.74, 6) is -0.520. The minimum absolute atomic E-state index is 0.133. The fraction of sp³-hybridized carbons (Fsp3) is 0.304. The van der Waals surface area contributed by atoms with Crippen LogP contribution in [0.25, 0.3) is 10.9 Å². The predicted molar refractivity (Wildman–Crippen MR) is 118 cm³/mol. The van der Waals surface area contributed by atoms with Gasteiger partial charge in [0, 0.05) is 30.4 Å². The van der Waals surface area contributed by atoms with Crippen molar-refractivity contribution in [2.45, 2.75) is 31.1 Å². The summed E-state index contributed by atoms with van der Waals surface area (Å²) in [6, 6.07) is 16.5. The van der Waals surface area contributed by atoms with E-state index in [9.17, 15) is 13.2 Å². The Bertz CT molecular complexity index is 1170. The molecule has 1 aliphatic heterocycles. The lowest BCUT2D eigenvalue weighted by Crippen LogP contribution is -2.43. The number of piperidine rings is 1. The van der Waals surface area contributed by atoms with E-state index >= 15 is 0 Å². The minimum atomic E-state index is -3.75. The molecule has 4 rings (SSSR count). The molecule has 0 spiro atoms. The first kappa shape index (κ1) is 20.5. The van der Waals surface area contributed by atoms with Gasteiger partial charge in [-0.05, 0) is 43.0 Å². The number of para-hydroxylation sites is 2. The maximum absolute atomic E-state index is 13.4. The molecular formula is C23H25N3O3S. The summed E-state index contributed by atoms with van der Waals surface area (Å²) < 4.78 is 28.2. The van der Waals surface area contributed by atoms with Crippen LogP contribution < -0.4 is 5.32 Å². The number of sulfonamides is 1. The monoisotopic (exact) mass is 423 g/mol. The molecule has 1 saturated heterocycles. The molecule has 3 aromatic rings. The van der Waals surface area contributed by atoms with Crippen molar-refractivity contribution in [1.82, 2.24) is 9.29 Å². The first-order valence-electron chi connectivity index (χ1n) is 10.2. The third kappa shape index (κ3) is 3.95. The number of benzene rings is 2. The molecule has 1 aliphatic rings. The number of fused-ring (bicyclic) bond motifs is 1. The van der Waals surface area contributed by atoms with Crippen molar-refractivity contribution in [3.63, 3.8) is 0 Å². The fourth-order valence-electron chi connectivity index (χ4n) is 3.98. The summed E-state index contributed by atoms with van der Waals surface area (Å²) >= 11 is 0. The van der Waals surface area contributed by atoms with E-state index in [2.05, 4.69) is 10.3 Å². The summed E-state index contributed by atoms with van der Waals surface area (Å²) in [4.78, 5) is 17.4. The van der Waals surface area contributed by atoms with Gasteiger partial charge in [-0.3, -0.25) is 9.78 Å². The average molecular weight is 424 g/mol. The second-order valence-electron chi connectivity index (χ2n) is 7.53. The molecule has 0 unspecified atom stereocenters. The number of amides is 1. The maximum atomic E-state index is 13.4. The highest BCUT2D eigenvalue weighted by Gasteiger charge is 2.34. The topological polar surface area (TPSA) is 79.4 Å². The number of carbonyl (C=O) groups is 1. The maximum Gasteiger partial charge on any atom is 0.245 e. The number of rotatable bonds is 5. The van der Waals surface area contributed by atoms with Gasteiger partial charge in [0.05, 0.1) is 11.4 Å². The van der Waals surface area contributed by atoms with E-state index in [1.165, 1.54) is 4.31 Å². The highest BCUT2D eigenvalue weighted by molar-refractivity contribution is 7.89. The van der Waals surface area contributed by atoms with E-state index in [1.807, 2.05) is 43.3 Å². The van der Waals surface area contributed by atoms with Crippen LogP contribution in [-0.2, 0) is 21.2 Å². The van der Waals surface area contributed by atoms with Crippen LogP contribution in [0, 0.1) is 5.92 Å². The van der Waals surface area contributed by atoms with Gasteiger partial charge >= 0.3 is 0 Å². The third-order valence-electron chi connectivity index (χ3n) is 5.62. The number of carbonyl (C=O) groups excluding carboxylic acids is 1. The Kier molecular flexibility index (Phi) is 5.83. The Balaban J connectivity index is 1.56. The highest BCUT2D eigenvalue weighted by Crippen LogP contribution is 2.28. The van der Waals surface area contributed by atoms with E-state index < -0.39 is 10.0 Å². The van der Waals surface area contributed by atoms with Gasteiger partial charge in [0.2, 0.25) is 15.9 Å². The van der Waals surface area contributed by atoms with Crippen molar-refractivity contribution < 1.29 is 13.2 Å². The van der Waals surface area contributed by atoms with Gasteiger partial charge in [0.15, 0.2) is 0 Å². The molecule has 1 amide bonds. The smallest absolute Gasteiger partial charge is 0.245 e. The molecule has 0 radical (unpaired) electrons. The van der Waals surface area contributed by atoms with Crippen LogP contribution in [-0.4, -0.2) is 36.7 Å². The number of hydrogen-bond acceptors (Lipinski definition) is 4. The number of pyridine rings is 1. The van der Waals surface area contributed by atoms with Gasteiger partial charge in [0.25, 0.3) is 0 Å². The van der Waals surface area contributed by atoms with Crippen LogP contribution in [0.4, 0.5) is 5.69 Å². The van der Waals surface area contributed by atoms with Gasteiger partial charge in [-0.2, -0.15) is 4.31 Å². The van der Waals surface area contributed by atoms with Gasteiger partial charge in [-0.15, -0.1) is 0 Å². The Labute approximate surface area is 177 Å². The molecule has 30 heavy (non-hydrogen) atoms. The molecule has 1 fully saturated rings. The van der Waals surface area contributed by atoms with Crippen molar-refractivity contribution >= 4 is 32.5 Å². The molecule has 7 heteroatoms. The van der Waals surface area contributed by atoms with Crippen LogP contribution in [0.15, 0.2) is 65.7 Å². The zero-order valence-electron chi connectivity index (χ0n) is 16.9. The summed E-state index contributed by atoms with van der Waals surface area (Å²) in [5.41, 5.74) is 2.32. The number of aryl methyl sites for hydroxylation is 1. The van der Waals surface area contributed by atoms with E-state index in [0.717, 1.165) is 23.1 Å². The van der Waals surface area contributed by atoms with Gasteiger partial charge in [-0.25, -0.2) is 8.42 Å². The average Bonchev–Trinajstić information content (AvgIpc) is 2.79. The SMILES string of the molecule is CCc1ccccc1NC(=O)[C@@H]1CCCN(S(=O)(=O)c2cccc3cccnc23)C1. The van der Waals surface area contributed by atoms with Crippen molar-refractivity contribution in [2.24, 2.45) is 5.92 Å². The largest absolute Gasteiger partial charge is 0.326 e. The van der Waals surface area contributed by atoms with Gasteiger partial charge in [0.1, 0.15) is 4.90 Å². The minimum Gasteiger partial charge on any atom is -0.326 e. The lowest BCUT2D eigenvalue weighted by atomic mass is 9.98. The lowest BCUT2D eigenvalue weighted by Gasteiger charge is -2.31. The van der Waals surface area contributed by atoms with Crippen molar-refractivity contribution in [2.75, 3.05) is 18.4 Å². The summed E-state index contributed by atoms with van der Waals surface area (Å²) in [6.07, 6.45) is 3.72. The molecule has 2 heterocycles. The number of hydrogen-bond donors (Lipinski definition) is 1. The van der Waals surface area contributed by atoms with Crippen LogP contribution in [0.1, 0.15) is 25.3 Å². The quantitative estimate of drug-likeness (QED) is 0.676. The number of anilines is 1. The Morgan fingerprint density at radius 1 is 1.13 bits per heavy atom. The molecule has 1 aromatic heterocycles. The molecule has 0 aliphatic carbocycles. The molecule has 1 N–H and O–H groups in total. The van der Waals surface area contributed by atoms with Crippen LogP contribution in [0.5, 0.6) is 0 Å². The first-order valence-corrected chi connectivity index (χ1v) is 11.7. The standard InChI is InChI=1S/C23H25N3O3S/c1-2-17-8-3-4-12-20(17)25-23(27)19-11-7-15-26(16-19)30(28,29)21-13-5-9-18-10-6-14-24-22(18)21/h3-6,8-10,12-14,19H,2,7,11,15-16H2,1H3,(H,25,27)/t19-/m1/s1. The van der Waals surface area contributed by atoms with Crippen LogP contribution >= 0.6 is 0 Å². The molecular weight excluding hydrogens is 398 g/mol. The van der Waals surface area contributed by atoms with Gasteiger partial charge in [-0.1, -0.05) is 43.3 Å². The van der Waals surface area contributed by atoms with Crippen LogP contribution in [0.2, 0.25) is 0 Å². The summed E-state index contributed by atoms with van der Waals surface area (Å²) in [5, 5.41) is 3.78. The molecule has 1 atom stereocenters. The third-order valence-corrected chi connectivity index (χ3v) is 7.52. The van der Waals surface area contributed by atoms with Crippen molar-refractivity contribution in [3.05, 3.63) is 66.4 Å². The van der Waals surface area contributed by atoms with E-state index in [0.29, 0.717) is 24.9 Å². The summed E-state index contributed by atoms with van der Waals surface area (Å²) in [7, 11) is -3.75. The van der Waals surface area contributed by atoms with E-state index in [4.69, 9.17) is 0 Å². The van der Waals surface area contributed by atoms with Crippen molar-refractivity contribution in [3.8, 4) is 0 Å². The van der Waals surface area contributed by atoms with Gasteiger partial charge < -0.3 is 5.32 Å². The Morgan fingerprint density at radius 3 is 2.77 bits per heavy atom. The number of nitrogens with one attached hydrogen (secondary N) is 1. The molecule has 0 saturated carbocycles. The predicted octanol–water partition coefficient (Wildman–Crippen LogP) is 3.84. The molecule has 156 valence electrons. The summed E-state index contributed by atoms with van der Waals surface area (Å²) in [6.45, 7) is 2.62. The zero-order valence-corrected chi connectivity index (χ0v) is 17.7. The fourth-order valence-corrected chi connectivity index (χ4v) is 5.67. The second-order valence-corrected chi connectivity index (χ2v) is 9.44. The Morgan fingerprint density at radius 2 is 1.93 bits per heavy atom. The normalized spacial score (nSPS) is 17.7. The zero-order chi connectivity index (χ0) is 21.1. The molecule has 2 aromatic carbocycles. The highest BCUT2D eigenvalue weighted by atomic mass is 32.2. The lowest BCUT2D eigenvalue weighted by molar-refractivity contribution is -0.120. The van der Waals surface area contributed by atoms with Crippen LogP contribution in [0.3, 0.4) is 0 Å². The number of aromatic nitrogens is 1. The Hall–Kier alpha value is -2.77. The first-order chi connectivity index (χ1) is 14.5. The van der Waals surface area contributed by atoms with E-state index in [1.54, 1.807) is 24.4 Å². The molecule has 6 nitrogen and oxygen atoms in total. The van der Waals surface area contributed by atoms with Crippen molar-refractivity contribution in [1.29, 1.82) is 0 Å². The second kappa shape index (κ2) is 8.53. The van der Waals surface area contributed by atoms with E-state index in [-0.39, 0.29) is 23.3 Å². The number of nitrogens with zero attached hydrogens (tertiary/aromatic N) is 2. The molecule has 0 bridgehead atoms.